The maximum absolute atomic E-state index is 12.4. The van der Waals surface area contributed by atoms with Gasteiger partial charge in [-0.2, -0.15) is 0 Å². The monoisotopic (exact) mass is 724 g/mol. The van der Waals surface area contributed by atoms with Crippen LogP contribution in [0.15, 0.2) is 72.9 Å². The molecule has 0 fully saturated rings. The van der Waals surface area contributed by atoms with Gasteiger partial charge in [0.25, 0.3) is 0 Å². The van der Waals surface area contributed by atoms with E-state index in [4.69, 9.17) is 0 Å². The van der Waals surface area contributed by atoms with Crippen molar-refractivity contribution >= 4 is 5.91 Å². The largest absolute Gasteiger partial charge is 0.394 e. The van der Waals surface area contributed by atoms with E-state index in [2.05, 4.69) is 79.9 Å². The third kappa shape index (κ3) is 39.0. The molecule has 0 aliphatic carbocycles. The minimum Gasteiger partial charge on any atom is -0.394 e. The SMILES string of the molecule is CC/C=C\C/C=C\C/C=C\C/C=C\CCCCCCC(=O)NC(CO)C(O)/C=C/CC/C=C/CCCCCCCCCCCCCCCCCCC. The van der Waals surface area contributed by atoms with E-state index in [1.165, 1.54) is 109 Å². The Kier molecular flexibility index (Phi) is 41.4. The van der Waals surface area contributed by atoms with Crippen LogP contribution in [-0.2, 0) is 4.79 Å². The summed E-state index contributed by atoms with van der Waals surface area (Å²) in [5.74, 6) is -0.0993. The lowest BCUT2D eigenvalue weighted by atomic mass is 10.0. The van der Waals surface area contributed by atoms with Gasteiger partial charge in [0, 0.05) is 6.42 Å². The fourth-order valence-electron chi connectivity index (χ4n) is 6.30. The summed E-state index contributed by atoms with van der Waals surface area (Å²) in [6.45, 7) is 4.17. The highest BCUT2D eigenvalue weighted by Gasteiger charge is 2.17. The van der Waals surface area contributed by atoms with Crippen molar-refractivity contribution in [2.75, 3.05) is 6.61 Å². The van der Waals surface area contributed by atoms with Gasteiger partial charge in [-0.1, -0.05) is 202 Å². The zero-order valence-corrected chi connectivity index (χ0v) is 34.3. The zero-order valence-electron chi connectivity index (χ0n) is 34.3. The van der Waals surface area contributed by atoms with Crippen LogP contribution >= 0.6 is 0 Å². The maximum atomic E-state index is 12.4. The third-order valence-electron chi connectivity index (χ3n) is 9.67. The molecule has 300 valence electrons. The average molecular weight is 724 g/mol. The summed E-state index contributed by atoms with van der Waals surface area (Å²) in [4.78, 5) is 12.4. The van der Waals surface area contributed by atoms with Gasteiger partial charge >= 0.3 is 0 Å². The Balaban J connectivity index is 3.66. The number of carbonyl (C=O) groups is 1. The van der Waals surface area contributed by atoms with Gasteiger partial charge in [-0.15, -0.1) is 0 Å². The number of hydrogen-bond acceptors (Lipinski definition) is 3. The van der Waals surface area contributed by atoms with Gasteiger partial charge in [0.05, 0.1) is 18.8 Å². The van der Waals surface area contributed by atoms with Crippen molar-refractivity contribution in [3.05, 3.63) is 72.9 Å². The van der Waals surface area contributed by atoms with E-state index in [1.807, 2.05) is 6.08 Å². The van der Waals surface area contributed by atoms with E-state index in [1.54, 1.807) is 6.08 Å². The van der Waals surface area contributed by atoms with Crippen LogP contribution in [0.5, 0.6) is 0 Å². The number of hydrogen-bond donors (Lipinski definition) is 3. The van der Waals surface area contributed by atoms with Crippen LogP contribution in [0, 0.1) is 0 Å². The standard InChI is InChI=1S/C48H85NO3/c1-3-5-7-9-11-13-15-17-19-21-22-23-24-25-26-28-29-31-33-35-37-39-41-43-47(51)46(45-50)49-48(52)44-42-40-38-36-34-32-30-27-20-18-16-14-12-10-8-6-4-2/h6,8,12,14,18,20,30,32-33,35,41,43,46-47,50-51H,3-5,7,9-11,13,15-17,19,21-29,31,34,36-40,42,44-45H2,1-2H3,(H,49,52)/b8-6-,14-12-,20-18-,32-30-,35-33+,43-41+. The molecule has 52 heavy (non-hydrogen) atoms. The summed E-state index contributed by atoms with van der Waals surface area (Å²) < 4.78 is 0. The first-order valence-electron chi connectivity index (χ1n) is 22.2. The van der Waals surface area contributed by atoms with E-state index >= 15 is 0 Å². The number of amides is 1. The lowest BCUT2D eigenvalue weighted by Crippen LogP contribution is -2.45. The number of carbonyl (C=O) groups excluding carboxylic acids is 1. The van der Waals surface area contributed by atoms with Crippen molar-refractivity contribution in [1.82, 2.24) is 5.32 Å². The molecule has 0 saturated carbocycles. The van der Waals surface area contributed by atoms with Crippen LogP contribution < -0.4 is 5.32 Å². The molecule has 2 unspecified atom stereocenters. The first-order valence-corrected chi connectivity index (χ1v) is 22.2. The molecular weight excluding hydrogens is 639 g/mol. The molecule has 4 nitrogen and oxygen atoms in total. The number of nitrogens with one attached hydrogen (secondary N) is 1. The third-order valence-corrected chi connectivity index (χ3v) is 9.67. The maximum Gasteiger partial charge on any atom is 0.220 e. The Hall–Kier alpha value is -2.17. The number of allylic oxidation sites excluding steroid dienone is 11. The Morgan fingerprint density at radius 1 is 0.481 bits per heavy atom. The van der Waals surface area contributed by atoms with Gasteiger partial charge < -0.3 is 15.5 Å². The van der Waals surface area contributed by atoms with Gasteiger partial charge in [0.2, 0.25) is 5.91 Å². The van der Waals surface area contributed by atoms with Crippen molar-refractivity contribution in [3.8, 4) is 0 Å². The summed E-state index contributed by atoms with van der Waals surface area (Å²) in [5, 5.41) is 23.0. The fraction of sp³-hybridized carbons (Fsp3) is 0.729. The van der Waals surface area contributed by atoms with Crippen LogP contribution in [-0.4, -0.2) is 34.9 Å². The van der Waals surface area contributed by atoms with E-state index < -0.39 is 12.1 Å². The van der Waals surface area contributed by atoms with Gasteiger partial charge in [0.1, 0.15) is 0 Å². The molecule has 0 rings (SSSR count). The minimum atomic E-state index is -0.876. The quantitative estimate of drug-likeness (QED) is 0.0437. The molecule has 0 aromatic rings. The van der Waals surface area contributed by atoms with Crippen molar-refractivity contribution in [1.29, 1.82) is 0 Å². The van der Waals surface area contributed by atoms with E-state index in [-0.39, 0.29) is 12.5 Å². The van der Waals surface area contributed by atoms with Crippen LogP contribution in [0.1, 0.15) is 206 Å². The second kappa shape index (κ2) is 43.2. The predicted molar refractivity (Wildman–Crippen MR) is 230 cm³/mol. The molecule has 0 saturated heterocycles. The molecule has 3 N–H and O–H groups in total. The zero-order chi connectivity index (χ0) is 37.8. The lowest BCUT2D eigenvalue weighted by molar-refractivity contribution is -0.123. The second-order valence-electron chi connectivity index (χ2n) is 14.7. The van der Waals surface area contributed by atoms with Gasteiger partial charge in [-0.05, 0) is 70.6 Å². The molecule has 0 aliphatic rings. The first kappa shape index (κ1) is 49.8. The highest BCUT2D eigenvalue weighted by atomic mass is 16.3. The molecular formula is C48H85NO3. The van der Waals surface area contributed by atoms with Crippen molar-refractivity contribution in [3.63, 3.8) is 0 Å². The van der Waals surface area contributed by atoms with Crippen molar-refractivity contribution in [2.45, 2.75) is 219 Å². The first-order chi connectivity index (χ1) is 25.7. The minimum absolute atomic E-state index is 0.0993. The van der Waals surface area contributed by atoms with Gasteiger partial charge in [-0.25, -0.2) is 0 Å². The topological polar surface area (TPSA) is 69.6 Å². The van der Waals surface area contributed by atoms with Crippen LogP contribution in [0.2, 0.25) is 0 Å². The number of unbranched alkanes of at least 4 members (excludes halogenated alkanes) is 22. The van der Waals surface area contributed by atoms with Gasteiger partial charge in [-0.3, -0.25) is 4.79 Å². The van der Waals surface area contributed by atoms with E-state index in [0.717, 1.165) is 77.0 Å². The van der Waals surface area contributed by atoms with Crippen molar-refractivity contribution in [2.24, 2.45) is 0 Å². The normalized spacial score (nSPS) is 13.7. The van der Waals surface area contributed by atoms with Crippen LogP contribution in [0.25, 0.3) is 0 Å². The molecule has 0 radical (unpaired) electrons. The van der Waals surface area contributed by atoms with E-state index in [9.17, 15) is 15.0 Å². The fourth-order valence-corrected chi connectivity index (χ4v) is 6.30. The Morgan fingerprint density at radius 3 is 1.35 bits per heavy atom. The summed E-state index contributed by atoms with van der Waals surface area (Å²) in [6.07, 6.45) is 61.6. The van der Waals surface area contributed by atoms with E-state index in [0.29, 0.717) is 6.42 Å². The Labute approximate surface area is 323 Å². The highest BCUT2D eigenvalue weighted by molar-refractivity contribution is 5.76. The molecule has 0 heterocycles. The lowest BCUT2D eigenvalue weighted by Gasteiger charge is -2.19. The molecule has 0 aromatic carbocycles. The van der Waals surface area contributed by atoms with Crippen molar-refractivity contribution < 1.29 is 15.0 Å². The molecule has 0 bridgehead atoms. The van der Waals surface area contributed by atoms with Crippen LogP contribution in [0.4, 0.5) is 0 Å². The summed E-state index contributed by atoms with van der Waals surface area (Å²) in [5.41, 5.74) is 0. The molecule has 0 spiro atoms. The molecule has 4 heteroatoms. The number of rotatable bonds is 39. The number of aliphatic hydroxyl groups is 2. The Bertz CT molecular complexity index is 915. The molecule has 0 aliphatic heterocycles. The summed E-state index contributed by atoms with van der Waals surface area (Å²) >= 11 is 0. The molecule has 2 atom stereocenters. The van der Waals surface area contributed by atoms with Gasteiger partial charge in [0.15, 0.2) is 0 Å². The molecule has 1 amide bonds. The predicted octanol–water partition coefficient (Wildman–Crippen LogP) is 13.9. The summed E-state index contributed by atoms with van der Waals surface area (Å²) in [7, 11) is 0. The average Bonchev–Trinajstić information content (AvgIpc) is 3.15. The Morgan fingerprint density at radius 2 is 0.865 bits per heavy atom. The smallest absolute Gasteiger partial charge is 0.220 e. The second-order valence-corrected chi connectivity index (χ2v) is 14.7. The highest BCUT2D eigenvalue weighted by Crippen LogP contribution is 2.15. The summed E-state index contributed by atoms with van der Waals surface area (Å²) in [6, 6.07) is -0.655. The molecule has 0 aromatic heterocycles. The number of aliphatic hydroxyl groups excluding tert-OH is 2. The van der Waals surface area contributed by atoms with Crippen LogP contribution in [0.3, 0.4) is 0 Å².